The van der Waals surface area contributed by atoms with Gasteiger partial charge in [0, 0.05) is 29.2 Å². The Morgan fingerprint density at radius 3 is 2.25 bits per heavy atom. The SMILES string of the molecule is CCCCC(C)C(C)CC.O=Cc1cn(Cc2ccccc2)c2ccccc12. The van der Waals surface area contributed by atoms with Gasteiger partial charge in [0.1, 0.15) is 0 Å². The molecule has 0 N–H and O–H groups in total. The van der Waals surface area contributed by atoms with Gasteiger partial charge in [-0.05, 0) is 23.5 Å². The van der Waals surface area contributed by atoms with Crippen molar-refractivity contribution in [2.45, 2.75) is 59.9 Å². The van der Waals surface area contributed by atoms with Gasteiger partial charge in [-0.2, -0.15) is 0 Å². The summed E-state index contributed by atoms with van der Waals surface area (Å²) < 4.78 is 2.12. The van der Waals surface area contributed by atoms with E-state index < -0.39 is 0 Å². The van der Waals surface area contributed by atoms with E-state index in [0.29, 0.717) is 0 Å². The standard InChI is InChI=1S/C16H13NO.C10H22/c18-12-14-11-17(10-13-6-2-1-3-7-13)16-9-5-4-8-15(14)16;1-5-7-8-10(4)9(3)6-2/h1-9,11-12H,10H2;9-10H,5-8H2,1-4H3. The number of hydrogen-bond acceptors (Lipinski definition) is 1. The van der Waals surface area contributed by atoms with Crippen LogP contribution in [-0.4, -0.2) is 10.9 Å². The summed E-state index contributed by atoms with van der Waals surface area (Å²) in [5, 5.41) is 1.02. The molecule has 2 heteroatoms. The van der Waals surface area contributed by atoms with Gasteiger partial charge in [-0.1, -0.05) is 102 Å². The molecule has 0 radical (unpaired) electrons. The Kier molecular flexibility index (Phi) is 9.00. The van der Waals surface area contributed by atoms with Gasteiger partial charge in [-0.15, -0.1) is 0 Å². The zero-order valence-electron chi connectivity index (χ0n) is 17.9. The van der Waals surface area contributed by atoms with Gasteiger partial charge in [-0.25, -0.2) is 0 Å². The summed E-state index contributed by atoms with van der Waals surface area (Å²) in [4.78, 5) is 11.1. The number of benzene rings is 2. The van der Waals surface area contributed by atoms with Crippen LogP contribution in [0, 0.1) is 11.8 Å². The fourth-order valence-corrected chi connectivity index (χ4v) is 3.49. The largest absolute Gasteiger partial charge is 0.342 e. The van der Waals surface area contributed by atoms with Gasteiger partial charge in [-0.3, -0.25) is 4.79 Å². The van der Waals surface area contributed by atoms with Crippen LogP contribution in [0.4, 0.5) is 0 Å². The highest BCUT2D eigenvalue weighted by atomic mass is 16.1. The molecule has 3 rings (SSSR count). The highest BCUT2D eigenvalue weighted by Crippen LogP contribution is 2.21. The molecule has 150 valence electrons. The first-order chi connectivity index (χ1) is 13.6. The zero-order valence-corrected chi connectivity index (χ0v) is 17.9. The fourth-order valence-electron chi connectivity index (χ4n) is 3.49. The van der Waals surface area contributed by atoms with Crippen molar-refractivity contribution in [2.75, 3.05) is 0 Å². The summed E-state index contributed by atoms with van der Waals surface area (Å²) in [5.74, 6) is 1.86. The molecule has 2 nitrogen and oxygen atoms in total. The molecule has 2 atom stereocenters. The number of carbonyl (C=O) groups is 1. The van der Waals surface area contributed by atoms with Crippen molar-refractivity contribution in [3.05, 3.63) is 71.9 Å². The molecule has 0 spiro atoms. The zero-order chi connectivity index (χ0) is 20.4. The van der Waals surface area contributed by atoms with Gasteiger partial charge < -0.3 is 4.57 Å². The second kappa shape index (κ2) is 11.5. The minimum Gasteiger partial charge on any atom is -0.342 e. The first-order valence-electron chi connectivity index (χ1n) is 10.7. The molecule has 0 aliphatic heterocycles. The maximum Gasteiger partial charge on any atom is 0.152 e. The quantitative estimate of drug-likeness (QED) is 0.376. The Labute approximate surface area is 170 Å². The summed E-state index contributed by atoms with van der Waals surface area (Å²) >= 11 is 0. The summed E-state index contributed by atoms with van der Waals surface area (Å²) in [6.07, 6.45) is 8.36. The summed E-state index contributed by atoms with van der Waals surface area (Å²) in [6, 6.07) is 18.2. The highest BCUT2D eigenvalue weighted by Gasteiger charge is 2.08. The lowest BCUT2D eigenvalue weighted by Crippen LogP contribution is -2.06. The average molecular weight is 378 g/mol. The molecular formula is C26H35NO. The minimum atomic E-state index is 0.751. The number of para-hydroxylation sites is 1. The molecule has 0 fully saturated rings. The second-order valence-corrected chi connectivity index (χ2v) is 7.84. The van der Waals surface area contributed by atoms with Crippen LogP contribution in [-0.2, 0) is 6.54 Å². The number of hydrogen-bond donors (Lipinski definition) is 0. The number of unbranched alkanes of at least 4 members (excludes halogenated alkanes) is 1. The van der Waals surface area contributed by atoms with Gasteiger partial charge in [0.05, 0.1) is 0 Å². The Balaban J connectivity index is 0.000000242. The van der Waals surface area contributed by atoms with Crippen LogP contribution in [0.15, 0.2) is 60.8 Å². The Bertz CT molecular complexity index is 834. The predicted octanol–water partition coefficient (Wildman–Crippen LogP) is 7.36. The fraction of sp³-hybridized carbons (Fsp3) is 0.423. The van der Waals surface area contributed by atoms with Crippen LogP contribution < -0.4 is 0 Å². The van der Waals surface area contributed by atoms with Crippen molar-refractivity contribution in [1.29, 1.82) is 0 Å². The molecule has 0 saturated carbocycles. The van der Waals surface area contributed by atoms with Crippen LogP contribution in [0.2, 0.25) is 0 Å². The van der Waals surface area contributed by atoms with Crippen LogP contribution >= 0.6 is 0 Å². The molecule has 3 aromatic rings. The maximum absolute atomic E-state index is 11.1. The minimum absolute atomic E-state index is 0.751. The molecule has 2 unspecified atom stereocenters. The van der Waals surface area contributed by atoms with E-state index in [1.807, 2.05) is 48.7 Å². The van der Waals surface area contributed by atoms with Crippen molar-refractivity contribution in [3.63, 3.8) is 0 Å². The number of aldehydes is 1. The van der Waals surface area contributed by atoms with E-state index in [1.165, 1.54) is 31.2 Å². The summed E-state index contributed by atoms with van der Waals surface area (Å²) in [5.41, 5.74) is 3.08. The molecule has 0 aliphatic carbocycles. The molecule has 0 aliphatic rings. The average Bonchev–Trinajstić information content (AvgIpc) is 3.10. The Morgan fingerprint density at radius 1 is 0.929 bits per heavy atom. The van der Waals surface area contributed by atoms with E-state index in [9.17, 15) is 4.79 Å². The Morgan fingerprint density at radius 2 is 1.61 bits per heavy atom. The molecular weight excluding hydrogens is 342 g/mol. The van der Waals surface area contributed by atoms with Crippen molar-refractivity contribution in [3.8, 4) is 0 Å². The van der Waals surface area contributed by atoms with Crippen LogP contribution in [0.3, 0.4) is 0 Å². The molecule has 28 heavy (non-hydrogen) atoms. The Hall–Kier alpha value is -2.35. The maximum atomic E-state index is 11.1. The topological polar surface area (TPSA) is 22.0 Å². The molecule has 1 heterocycles. The molecule has 2 aromatic carbocycles. The third-order valence-electron chi connectivity index (χ3n) is 5.77. The summed E-state index contributed by atoms with van der Waals surface area (Å²) in [7, 11) is 0. The van der Waals surface area contributed by atoms with Gasteiger partial charge in [0.25, 0.3) is 0 Å². The van der Waals surface area contributed by atoms with Crippen LogP contribution in [0.5, 0.6) is 0 Å². The lowest BCUT2D eigenvalue weighted by Gasteiger charge is -2.17. The van der Waals surface area contributed by atoms with Crippen LogP contribution in [0.25, 0.3) is 10.9 Å². The van der Waals surface area contributed by atoms with Gasteiger partial charge in [0.2, 0.25) is 0 Å². The smallest absolute Gasteiger partial charge is 0.152 e. The van der Waals surface area contributed by atoms with Crippen molar-refractivity contribution >= 4 is 17.2 Å². The molecule has 0 bridgehead atoms. The van der Waals surface area contributed by atoms with E-state index in [1.54, 1.807) is 0 Å². The number of rotatable bonds is 8. The third kappa shape index (κ3) is 6.09. The summed E-state index contributed by atoms with van der Waals surface area (Å²) in [6.45, 7) is 10.1. The lowest BCUT2D eigenvalue weighted by atomic mass is 9.89. The highest BCUT2D eigenvalue weighted by molar-refractivity contribution is 5.97. The predicted molar refractivity (Wildman–Crippen MR) is 121 cm³/mol. The van der Waals surface area contributed by atoms with Crippen molar-refractivity contribution in [2.24, 2.45) is 11.8 Å². The first-order valence-corrected chi connectivity index (χ1v) is 10.7. The van der Waals surface area contributed by atoms with E-state index in [2.05, 4.69) is 44.4 Å². The number of fused-ring (bicyclic) bond motifs is 1. The number of nitrogens with zero attached hydrogens (tertiary/aromatic N) is 1. The third-order valence-corrected chi connectivity index (χ3v) is 5.77. The molecule has 0 amide bonds. The van der Waals surface area contributed by atoms with Crippen molar-refractivity contribution in [1.82, 2.24) is 4.57 Å². The van der Waals surface area contributed by atoms with E-state index in [4.69, 9.17) is 0 Å². The van der Waals surface area contributed by atoms with Gasteiger partial charge in [0.15, 0.2) is 6.29 Å². The van der Waals surface area contributed by atoms with Gasteiger partial charge >= 0.3 is 0 Å². The van der Waals surface area contributed by atoms with E-state index in [0.717, 1.165) is 41.1 Å². The second-order valence-electron chi connectivity index (χ2n) is 7.84. The lowest BCUT2D eigenvalue weighted by molar-refractivity contribution is 0.112. The van der Waals surface area contributed by atoms with Crippen molar-refractivity contribution < 1.29 is 4.79 Å². The molecule has 0 saturated heterocycles. The monoisotopic (exact) mass is 377 g/mol. The number of carbonyl (C=O) groups excluding carboxylic acids is 1. The normalized spacial score (nSPS) is 12.9. The molecule has 1 aromatic heterocycles. The van der Waals surface area contributed by atoms with E-state index >= 15 is 0 Å². The first kappa shape index (κ1) is 21.9. The van der Waals surface area contributed by atoms with Crippen LogP contribution in [0.1, 0.15) is 69.3 Å². The van der Waals surface area contributed by atoms with E-state index in [-0.39, 0.29) is 0 Å². The number of aromatic nitrogens is 1.